The van der Waals surface area contributed by atoms with E-state index in [1.165, 1.54) is 16.7 Å². The summed E-state index contributed by atoms with van der Waals surface area (Å²) in [6.45, 7) is 0.0802. The maximum absolute atomic E-state index is 12.3. The van der Waals surface area contributed by atoms with Crippen LogP contribution in [0.25, 0.3) is 0 Å². The highest BCUT2D eigenvalue weighted by molar-refractivity contribution is 8.01. The third-order valence-electron chi connectivity index (χ3n) is 3.15. The number of carboxylic acids is 2. The van der Waals surface area contributed by atoms with Gasteiger partial charge in [-0.05, 0) is 5.56 Å². The summed E-state index contributed by atoms with van der Waals surface area (Å²) < 4.78 is 0. The van der Waals surface area contributed by atoms with Crippen LogP contribution in [0, 0.1) is 0 Å². The summed E-state index contributed by atoms with van der Waals surface area (Å²) in [7, 11) is 0. The molecule has 0 spiro atoms. The standard InChI is InChI=1S/C14H15NO5S/c16-11(17)6-7-15-13(20)10(8-12(18)19)21-14(15)9-4-2-1-3-5-9/h1-5,10,14H,6-8H2,(H,16,17)(H,18,19). The van der Waals surface area contributed by atoms with Crippen molar-refractivity contribution in [3.63, 3.8) is 0 Å². The van der Waals surface area contributed by atoms with E-state index in [0.29, 0.717) is 0 Å². The Bertz CT molecular complexity index is 548. The Morgan fingerprint density at radius 3 is 2.38 bits per heavy atom. The van der Waals surface area contributed by atoms with Crippen LogP contribution in [0.5, 0.6) is 0 Å². The molecule has 1 amide bonds. The zero-order chi connectivity index (χ0) is 15.4. The Hall–Kier alpha value is -2.02. The first-order valence-corrected chi connectivity index (χ1v) is 7.38. The lowest BCUT2D eigenvalue weighted by molar-refractivity contribution is -0.141. The minimum Gasteiger partial charge on any atom is -0.481 e. The van der Waals surface area contributed by atoms with Crippen molar-refractivity contribution in [2.45, 2.75) is 23.5 Å². The Morgan fingerprint density at radius 1 is 1.14 bits per heavy atom. The monoisotopic (exact) mass is 309 g/mol. The SMILES string of the molecule is O=C(O)CCN1C(=O)C(CC(=O)O)SC1c1ccccc1. The third kappa shape index (κ3) is 3.75. The van der Waals surface area contributed by atoms with Crippen LogP contribution in [0.4, 0.5) is 0 Å². The second kappa shape index (κ2) is 6.62. The quantitative estimate of drug-likeness (QED) is 0.828. The first kappa shape index (κ1) is 15.4. The van der Waals surface area contributed by atoms with Gasteiger partial charge in [0.1, 0.15) is 5.37 Å². The molecule has 1 saturated heterocycles. The average Bonchev–Trinajstić information content (AvgIpc) is 2.74. The molecule has 6 nitrogen and oxygen atoms in total. The zero-order valence-electron chi connectivity index (χ0n) is 11.1. The van der Waals surface area contributed by atoms with E-state index in [9.17, 15) is 14.4 Å². The smallest absolute Gasteiger partial charge is 0.305 e. The molecule has 112 valence electrons. The molecule has 1 heterocycles. The molecule has 2 atom stereocenters. The van der Waals surface area contributed by atoms with Gasteiger partial charge in [-0.15, -0.1) is 11.8 Å². The maximum atomic E-state index is 12.3. The summed E-state index contributed by atoms with van der Waals surface area (Å²) in [5, 5.41) is 16.7. The Kier molecular flexibility index (Phi) is 4.85. The highest BCUT2D eigenvalue weighted by Crippen LogP contribution is 2.44. The zero-order valence-corrected chi connectivity index (χ0v) is 12.0. The molecule has 2 unspecified atom stereocenters. The number of benzene rings is 1. The number of nitrogens with zero attached hydrogens (tertiary/aromatic N) is 1. The average molecular weight is 309 g/mol. The summed E-state index contributed by atoms with van der Waals surface area (Å²) in [6, 6.07) is 9.21. The van der Waals surface area contributed by atoms with E-state index in [2.05, 4.69) is 0 Å². The summed E-state index contributed by atoms with van der Waals surface area (Å²) >= 11 is 1.26. The number of thioether (sulfide) groups is 1. The van der Waals surface area contributed by atoms with Gasteiger partial charge in [0.2, 0.25) is 5.91 Å². The molecule has 2 N–H and O–H groups in total. The summed E-state index contributed by atoms with van der Waals surface area (Å²) in [5.41, 5.74) is 0.870. The number of rotatable bonds is 6. The number of carbonyl (C=O) groups excluding carboxylic acids is 1. The second-order valence-corrected chi connectivity index (χ2v) is 5.95. The predicted molar refractivity (Wildman–Crippen MR) is 76.8 cm³/mol. The minimum absolute atomic E-state index is 0.0802. The van der Waals surface area contributed by atoms with Crippen molar-refractivity contribution >= 4 is 29.6 Å². The van der Waals surface area contributed by atoms with E-state index in [4.69, 9.17) is 10.2 Å². The highest BCUT2D eigenvalue weighted by Gasteiger charge is 2.41. The van der Waals surface area contributed by atoms with E-state index in [1.807, 2.05) is 30.3 Å². The normalized spacial score (nSPS) is 21.5. The number of carbonyl (C=O) groups is 3. The molecular formula is C14H15NO5S. The number of hydrogen-bond donors (Lipinski definition) is 2. The molecule has 1 aromatic rings. The largest absolute Gasteiger partial charge is 0.481 e. The summed E-state index contributed by atoms with van der Waals surface area (Å²) in [5.74, 6) is -2.33. The molecule has 21 heavy (non-hydrogen) atoms. The summed E-state index contributed by atoms with van der Waals surface area (Å²) in [4.78, 5) is 35.3. The van der Waals surface area contributed by atoms with Crippen molar-refractivity contribution in [2.75, 3.05) is 6.54 Å². The van der Waals surface area contributed by atoms with Crippen LogP contribution < -0.4 is 0 Å². The van der Waals surface area contributed by atoms with Crippen LogP contribution in [0.3, 0.4) is 0 Å². The molecule has 1 aliphatic rings. The van der Waals surface area contributed by atoms with Gasteiger partial charge in [0.05, 0.1) is 18.1 Å². The molecule has 0 radical (unpaired) electrons. The van der Waals surface area contributed by atoms with Gasteiger partial charge in [-0.25, -0.2) is 0 Å². The van der Waals surface area contributed by atoms with Crippen LogP contribution >= 0.6 is 11.8 Å². The molecule has 0 saturated carbocycles. The van der Waals surface area contributed by atoms with Crippen molar-refractivity contribution < 1.29 is 24.6 Å². The summed E-state index contributed by atoms with van der Waals surface area (Å²) in [6.07, 6.45) is -0.411. The van der Waals surface area contributed by atoms with Crippen molar-refractivity contribution in [2.24, 2.45) is 0 Å². The molecule has 0 bridgehead atoms. The Labute approximate surface area is 125 Å². The minimum atomic E-state index is -1.03. The molecular weight excluding hydrogens is 294 g/mol. The van der Waals surface area contributed by atoms with E-state index >= 15 is 0 Å². The molecule has 0 aromatic heterocycles. The van der Waals surface area contributed by atoms with Crippen molar-refractivity contribution in [1.29, 1.82) is 0 Å². The third-order valence-corrected chi connectivity index (χ3v) is 4.63. The number of carboxylic acid groups (broad SMARTS) is 2. The van der Waals surface area contributed by atoms with E-state index in [-0.39, 0.29) is 30.7 Å². The molecule has 2 rings (SSSR count). The van der Waals surface area contributed by atoms with E-state index in [0.717, 1.165) is 5.56 Å². The maximum Gasteiger partial charge on any atom is 0.305 e. The van der Waals surface area contributed by atoms with Crippen LogP contribution in [-0.2, 0) is 14.4 Å². The van der Waals surface area contributed by atoms with Crippen molar-refractivity contribution in [1.82, 2.24) is 4.90 Å². The lowest BCUT2D eigenvalue weighted by Crippen LogP contribution is -2.33. The Morgan fingerprint density at radius 2 is 1.81 bits per heavy atom. The molecule has 0 aliphatic carbocycles. The molecule has 7 heteroatoms. The first-order valence-electron chi connectivity index (χ1n) is 6.43. The van der Waals surface area contributed by atoms with Gasteiger partial charge in [-0.1, -0.05) is 30.3 Å². The molecule has 1 fully saturated rings. The first-order chi connectivity index (χ1) is 9.99. The van der Waals surface area contributed by atoms with Gasteiger partial charge < -0.3 is 15.1 Å². The number of hydrogen-bond acceptors (Lipinski definition) is 4. The Balaban J connectivity index is 2.20. The highest BCUT2D eigenvalue weighted by atomic mass is 32.2. The second-order valence-electron chi connectivity index (χ2n) is 4.66. The fraction of sp³-hybridized carbons (Fsp3) is 0.357. The lowest BCUT2D eigenvalue weighted by atomic mass is 10.2. The van der Waals surface area contributed by atoms with Crippen LogP contribution in [0.1, 0.15) is 23.8 Å². The van der Waals surface area contributed by atoms with Crippen LogP contribution in [0.15, 0.2) is 30.3 Å². The van der Waals surface area contributed by atoms with Gasteiger partial charge in [0.25, 0.3) is 0 Å². The van der Waals surface area contributed by atoms with Crippen molar-refractivity contribution in [3.8, 4) is 0 Å². The molecule has 1 aromatic carbocycles. The topological polar surface area (TPSA) is 94.9 Å². The van der Waals surface area contributed by atoms with Gasteiger partial charge in [0.15, 0.2) is 0 Å². The van der Waals surface area contributed by atoms with Gasteiger partial charge in [-0.3, -0.25) is 14.4 Å². The van der Waals surface area contributed by atoms with E-state index < -0.39 is 17.2 Å². The van der Waals surface area contributed by atoms with Gasteiger partial charge in [-0.2, -0.15) is 0 Å². The van der Waals surface area contributed by atoms with Crippen molar-refractivity contribution in [3.05, 3.63) is 35.9 Å². The van der Waals surface area contributed by atoms with Gasteiger partial charge >= 0.3 is 11.9 Å². The lowest BCUT2D eigenvalue weighted by Gasteiger charge is -2.23. The fourth-order valence-electron chi connectivity index (χ4n) is 2.20. The van der Waals surface area contributed by atoms with Gasteiger partial charge in [0, 0.05) is 6.54 Å². The predicted octanol–water partition coefficient (Wildman–Crippen LogP) is 1.58. The van der Waals surface area contributed by atoms with Crippen LogP contribution in [0.2, 0.25) is 0 Å². The fourth-order valence-corrected chi connectivity index (χ4v) is 3.67. The molecule has 1 aliphatic heterocycles. The van der Waals surface area contributed by atoms with E-state index in [1.54, 1.807) is 0 Å². The number of amides is 1. The number of aliphatic carboxylic acids is 2. The van der Waals surface area contributed by atoms with Crippen LogP contribution in [-0.4, -0.2) is 44.8 Å².